The van der Waals surface area contributed by atoms with E-state index in [2.05, 4.69) is 24.0 Å². The van der Waals surface area contributed by atoms with Crippen LogP contribution in [0.15, 0.2) is 0 Å². The molecule has 1 rings (SSSR count). The van der Waals surface area contributed by atoms with Gasteiger partial charge in [0.25, 0.3) is 0 Å². The minimum Gasteiger partial charge on any atom is -0.317 e. The third-order valence-electron chi connectivity index (χ3n) is 2.47. The van der Waals surface area contributed by atoms with Crippen LogP contribution < -0.4 is 0 Å². The summed E-state index contributed by atoms with van der Waals surface area (Å²) in [6.07, 6.45) is 2.20. The fourth-order valence-electron chi connectivity index (χ4n) is 1.50. The predicted molar refractivity (Wildman–Crippen MR) is 53.9 cm³/mol. The van der Waals surface area contributed by atoms with Crippen LogP contribution in [0, 0.1) is 0 Å². The molecular formula is C9H16ClN3. The lowest BCUT2D eigenvalue weighted by Gasteiger charge is -2.10. The molecule has 3 nitrogen and oxygen atoms in total. The van der Waals surface area contributed by atoms with E-state index in [0.29, 0.717) is 11.8 Å². The quantitative estimate of drug-likeness (QED) is 0.701. The maximum atomic E-state index is 5.71. The molecule has 0 aliphatic heterocycles. The molecule has 0 amide bonds. The smallest absolute Gasteiger partial charge is 0.147 e. The van der Waals surface area contributed by atoms with Crippen LogP contribution in [0.25, 0.3) is 0 Å². The molecule has 0 fully saturated rings. The van der Waals surface area contributed by atoms with Crippen molar-refractivity contribution in [3.63, 3.8) is 0 Å². The highest BCUT2D eigenvalue weighted by molar-refractivity contribution is 6.16. The zero-order valence-corrected chi connectivity index (χ0v) is 9.17. The number of hydrogen-bond donors (Lipinski definition) is 0. The van der Waals surface area contributed by atoms with E-state index in [4.69, 9.17) is 11.6 Å². The van der Waals surface area contributed by atoms with Crippen molar-refractivity contribution < 1.29 is 0 Å². The van der Waals surface area contributed by atoms with Crippen LogP contribution >= 0.6 is 11.6 Å². The van der Waals surface area contributed by atoms with Crippen LogP contribution in [-0.2, 0) is 12.9 Å². The number of halogens is 1. The molecule has 4 heteroatoms. The van der Waals surface area contributed by atoms with Crippen LogP contribution in [0.4, 0.5) is 0 Å². The molecule has 0 radical (unpaired) electrons. The van der Waals surface area contributed by atoms with Crippen molar-refractivity contribution in [3.8, 4) is 0 Å². The Bertz CT molecular complexity index is 266. The summed E-state index contributed by atoms with van der Waals surface area (Å²) in [5.74, 6) is 2.85. The molecule has 1 heterocycles. The monoisotopic (exact) mass is 201 g/mol. The summed E-state index contributed by atoms with van der Waals surface area (Å²) >= 11 is 5.71. The molecule has 0 atom stereocenters. The topological polar surface area (TPSA) is 30.7 Å². The fourth-order valence-corrected chi connectivity index (χ4v) is 1.73. The first-order valence-electron chi connectivity index (χ1n) is 4.68. The van der Waals surface area contributed by atoms with Gasteiger partial charge in [-0.25, -0.2) is 0 Å². The highest BCUT2D eigenvalue weighted by Gasteiger charge is 2.15. The minimum absolute atomic E-state index is 0.434. The Hall–Kier alpha value is -0.570. The largest absolute Gasteiger partial charge is 0.317 e. The second-order valence-corrected chi connectivity index (χ2v) is 3.45. The van der Waals surface area contributed by atoms with E-state index >= 15 is 0 Å². The second kappa shape index (κ2) is 4.61. The first-order chi connectivity index (χ1) is 6.24. The first-order valence-corrected chi connectivity index (χ1v) is 5.22. The van der Waals surface area contributed by atoms with Crippen molar-refractivity contribution in [2.24, 2.45) is 7.05 Å². The predicted octanol–water partition coefficient (Wildman–Crippen LogP) is 2.46. The number of rotatable bonds is 4. The van der Waals surface area contributed by atoms with Crippen LogP contribution in [0.3, 0.4) is 0 Å². The van der Waals surface area contributed by atoms with Gasteiger partial charge in [0.15, 0.2) is 0 Å². The van der Waals surface area contributed by atoms with E-state index in [-0.39, 0.29) is 0 Å². The standard InChI is InChI=1S/C9H16ClN3/c1-4-7(5-2)9-12-11-8(6-10)13(9)3/h7H,4-6H2,1-3H3. The fraction of sp³-hybridized carbons (Fsp3) is 0.778. The number of alkyl halides is 1. The van der Waals surface area contributed by atoms with Gasteiger partial charge in [0, 0.05) is 13.0 Å². The van der Waals surface area contributed by atoms with E-state index in [1.807, 2.05) is 11.6 Å². The number of hydrogen-bond acceptors (Lipinski definition) is 2. The highest BCUT2D eigenvalue weighted by Crippen LogP contribution is 2.21. The molecule has 0 saturated heterocycles. The van der Waals surface area contributed by atoms with E-state index in [0.717, 1.165) is 24.5 Å². The van der Waals surface area contributed by atoms with Crippen molar-refractivity contribution >= 4 is 11.6 Å². The Morgan fingerprint density at radius 3 is 2.31 bits per heavy atom. The Morgan fingerprint density at radius 1 is 1.31 bits per heavy atom. The number of nitrogens with zero attached hydrogens (tertiary/aromatic N) is 3. The van der Waals surface area contributed by atoms with Crippen molar-refractivity contribution in [1.29, 1.82) is 0 Å². The molecule has 0 saturated carbocycles. The maximum Gasteiger partial charge on any atom is 0.147 e. The van der Waals surface area contributed by atoms with Gasteiger partial charge in [0.05, 0.1) is 5.88 Å². The Morgan fingerprint density at radius 2 is 1.92 bits per heavy atom. The molecule has 1 aromatic rings. The van der Waals surface area contributed by atoms with Crippen LogP contribution in [0.1, 0.15) is 44.3 Å². The lowest BCUT2D eigenvalue weighted by atomic mass is 10.0. The molecule has 0 unspecified atom stereocenters. The van der Waals surface area contributed by atoms with Gasteiger partial charge < -0.3 is 4.57 Å². The summed E-state index contributed by atoms with van der Waals surface area (Å²) in [5.41, 5.74) is 0. The minimum atomic E-state index is 0.434. The van der Waals surface area contributed by atoms with E-state index in [9.17, 15) is 0 Å². The molecule has 0 bridgehead atoms. The van der Waals surface area contributed by atoms with Crippen LogP contribution in [0.5, 0.6) is 0 Å². The summed E-state index contributed by atoms with van der Waals surface area (Å²) < 4.78 is 2.00. The molecule has 74 valence electrons. The van der Waals surface area contributed by atoms with E-state index in [1.54, 1.807) is 0 Å². The Kier molecular flexibility index (Phi) is 3.72. The average Bonchev–Trinajstić information content (AvgIpc) is 2.50. The molecule has 0 N–H and O–H groups in total. The van der Waals surface area contributed by atoms with Crippen molar-refractivity contribution in [2.75, 3.05) is 0 Å². The van der Waals surface area contributed by atoms with Gasteiger partial charge in [-0.1, -0.05) is 13.8 Å². The highest BCUT2D eigenvalue weighted by atomic mass is 35.5. The van der Waals surface area contributed by atoms with Gasteiger partial charge in [0.2, 0.25) is 0 Å². The molecule has 0 aliphatic rings. The molecule has 0 spiro atoms. The van der Waals surface area contributed by atoms with Gasteiger partial charge in [-0.2, -0.15) is 0 Å². The molecule has 0 aromatic carbocycles. The summed E-state index contributed by atoms with van der Waals surface area (Å²) in [5, 5.41) is 8.19. The Labute approximate surface area is 84.1 Å². The average molecular weight is 202 g/mol. The maximum absolute atomic E-state index is 5.71. The van der Waals surface area contributed by atoms with Crippen molar-refractivity contribution in [3.05, 3.63) is 11.6 Å². The third kappa shape index (κ3) is 2.02. The lowest BCUT2D eigenvalue weighted by molar-refractivity contribution is 0.573. The van der Waals surface area contributed by atoms with Gasteiger partial charge in [-0.3, -0.25) is 0 Å². The molecule has 1 aromatic heterocycles. The van der Waals surface area contributed by atoms with Gasteiger partial charge in [0.1, 0.15) is 11.6 Å². The molecular weight excluding hydrogens is 186 g/mol. The van der Waals surface area contributed by atoms with E-state index < -0.39 is 0 Å². The van der Waals surface area contributed by atoms with Crippen molar-refractivity contribution in [2.45, 2.75) is 38.5 Å². The zero-order chi connectivity index (χ0) is 9.84. The van der Waals surface area contributed by atoms with Crippen LogP contribution in [0.2, 0.25) is 0 Å². The third-order valence-corrected chi connectivity index (χ3v) is 2.71. The summed E-state index contributed by atoms with van der Waals surface area (Å²) in [4.78, 5) is 0. The second-order valence-electron chi connectivity index (χ2n) is 3.18. The SMILES string of the molecule is CCC(CC)c1nnc(CCl)n1C. The van der Waals surface area contributed by atoms with Gasteiger partial charge in [-0.15, -0.1) is 21.8 Å². The normalized spacial score (nSPS) is 11.2. The number of aromatic nitrogens is 3. The molecule has 0 aliphatic carbocycles. The lowest BCUT2D eigenvalue weighted by Crippen LogP contribution is -2.06. The first kappa shape index (κ1) is 10.5. The van der Waals surface area contributed by atoms with Gasteiger partial charge >= 0.3 is 0 Å². The summed E-state index contributed by atoms with van der Waals surface area (Å²) in [7, 11) is 1.98. The van der Waals surface area contributed by atoms with Crippen LogP contribution in [-0.4, -0.2) is 14.8 Å². The van der Waals surface area contributed by atoms with Gasteiger partial charge in [-0.05, 0) is 12.8 Å². The Balaban J connectivity index is 2.93. The molecule has 13 heavy (non-hydrogen) atoms. The summed E-state index contributed by atoms with van der Waals surface area (Å²) in [6, 6.07) is 0. The van der Waals surface area contributed by atoms with E-state index in [1.165, 1.54) is 0 Å². The summed E-state index contributed by atoms with van der Waals surface area (Å²) in [6.45, 7) is 4.34. The van der Waals surface area contributed by atoms with Crippen molar-refractivity contribution in [1.82, 2.24) is 14.8 Å². The zero-order valence-electron chi connectivity index (χ0n) is 8.42.